The van der Waals surface area contributed by atoms with E-state index in [1.807, 2.05) is 0 Å². The number of hydrogen-bond donors (Lipinski definition) is 1. The first-order valence-corrected chi connectivity index (χ1v) is 11.4. The zero-order chi connectivity index (χ0) is 19.0. The van der Waals surface area contributed by atoms with Crippen molar-refractivity contribution in [3.8, 4) is 5.75 Å². The zero-order valence-corrected chi connectivity index (χ0v) is 15.4. The first-order chi connectivity index (χ1) is 11.6. The molecule has 1 aromatic carbocycles. The second kappa shape index (κ2) is 9.78. The molecular weight excluding hydrogens is 357 g/mol. The van der Waals surface area contributed by atoms with Crippen LogP contribution < -0.4 is 4.74 Å². The van der Waals surface area contributed by atoms with Crippen molar-refractivity contribution in [1.29, 1.82) is 0 Å². The Morgan fingerprint density at radius 1 is 1.28 bits per heavy atom. The molecule has 9 heteroatoms. The van der Waals surface area contributed by atoms with Crippen LogP contribution in [0.1, 0.15) is 11.7 Å². The Morgan fingerprint density at radius 2 is 1.96 bits per heavy atom. The standard InChI is InChI=1S/C16H23F3O5Si/c1-25(2,3)7-6-22-10-24-15(16(20)21)12-5-4-11(8-13(12)17)23-9-14(18)19/h4-5,8,14-15H,6-7,9-10H2,1-3H3,(H,20,21). The van der Waals surface area contributed by atoms with Gasteiger partial charge in [0.15, 0.2) is 6.10 Å². The Labute approximate surface area is 145 Å². The minimum Gasteiger partial charge on any atom is -0.488 e. The molecule has 0 radical (unpaired) electrons. The Hall–Kier alpha value is -1.58. The molecule has 1 atom stereocenters. The van der Waals surface area contributed by atoms with Crippen LogP contribution in [0.2, 0.25) is 25.7 Å². The maximum Gasteiger partial charge on any atom is 0.337 e. The van der Waals surface area contributed by atoms with E-state index < -0.39 is 39.0 Å². The first kappa shape index (κ1) is 21.5. The molecule has 0 aliphatic rings. The molecule has 1 aromatic rings. The Kier molecular flexibility index (Phi) is 8.40. The summed E-state index contributed by atoms with van der Waals surface area (Å²) in [4.78, 5) is 11.3. The van der Waals surface area contributed by atoms with Gasteiger partial charge in [-0.15, -0.1) is 0 Å². The number of hydrogen-bond acceptors (Lipinski definition) is 4. The van der Waals surface area contributed by atoms with E-state index in [1.165, 1.54) is 6.07 Å². The van der Waals surface area contributed by atoms with Crippen molar-refractivity contribution in [1.82, 2.24) is 0 Å². The summed E-state index contributed by atoms with van der Waals surface area (Å²) >= 11 is 0. The lowest BCUT2D eigenvalue weighted by Crippen LogP contribution is -2.23. The third-order valence-corrected chi connectivity index (χ3v) is 4.87. The normalized spacial score (nSPS) is 13.1. The van der Waals surface area contributed by atoms with Gasteiger partial charge in [-0.25, -0.2) is 18.0 Å². The lowest BCUT2D eigenvalue weighted by molar-refractivity contribution is -0.161. The van der Waals surface area contributed by atoms with Gasteiger partial charge in [0.1, 0.15) is 25.0 Å². The summed E-state index contributed by atoms with van der Waals surface area (Å²) in [5, 5.41) is 9.21. The largest absolute Gasteiger partial charge is 0.488 e. The summed E-state index contributed by atoms with van der Waals surface area (Å²) in [7, 11) is -1.28. The number of carboxylic acids is 1. The molecule has 0 aliphatic heterocycles. The second-order valence-corrected chi connectivity index (χ2v) is 12.2. The van der Waals surface area contributed by atoms with Crippen LogP contribution in [0.4, 0.5) is 13.2 Å². The maximum atomic E-state index is 14.1. The van der Waals surface area contributed by atoms with E-state index in [4.69, 9.17) is 9.47 Å². The molecule has 0 saturated heterocycles. The highest BCUT2D eigenvalue weighted by Gasteiger charge is 2.25. The minimum absolute atomic E-state index is 0.114. The average molecular weight is 380 g/mol. The minimum atomic E-state index is -2.69. The highest BCUT2D eigenvalue weighted by Crippen LogP contribution is 2.25. The van der Waals surface area contributed by atoms with Gasteiger partial charge in [-0.2, -0.15) is 0 Å². The predicted octanol–water partition coefficient (Wildman–Crippen LogP) is 3.92. The van der Waals surface area contributed by atoms with Crippen molar-refractivity contribution >= 4 is 14.0 Å². The van der Waals surface area contributed by atoms with Crippen LogP contribution >= 0.6 is 0 Å². The lowest BCUT2D eigenvalue weighted by Gasteiger charge is -2.18. The molecule has 1 rings (SSSR count). The number of aliphatic carboxylic acids is 1. The molecule has 5 nitrogen and oxygen atoms in total. The summed E-state index contributed by atoms with van der Waals surface area (Å²) < 4.78 is 53.3. The number of carbonyl (C=O) groups is 1. The highest BCUT2D eigenvalue weighted by atomic mass is 28.3. The van der Waals surface area contributed by atoms with Crippen molar-refractivity contribution in [3.05, 3.63) is 29.6 Å². The molecule has 0 amide bonds. The molecule has 0 bridgehead atoms. The van der Waals surface area contributed by atoms with Crippen molar-refractivity contribution in [2.24, 2.45) is 0 Å². The summed E-state index contributed by atoms with van der Waals surface area (Å²) in [5.74, 6) is -2.41. The van der Waals surface area contributed by atoms with E-state index in [0.717, 1.165) is 18.2 Å². The fourth-order valence-electron chi connectivity index (χ4n) is 1.82. The Balaban J connectivity index is 2.64. The van der Waals surface area contributed by atoms with Crippen LogP contribution in [-0.4, -0.2) is 45.6 Å². The summed E-state index contributed by atoms with van der Waals surface area (Å²) in [6, 6.07) is 4.09. The second-order valence-electron chi connectivity index (χ2n) is 6.61. The van der Waals surface area contributed by atoms with Gasteiger partial charge < -0.3 is 19.3 Å². The van der Waals surface area contributed by atoms with Crippen LogP contribution in [0.3, 0.4) is 0 Å². The molecule has 25 heavy (non-hydrogen) atoms. The monoisotopic (exact) mass is 380 g/mol. The van der Waals surface area contributed by atoms with Crippen LogP contribution in [0.15, 0.2) is 18.2 Å². The van der Waals surface area contributed by atoms with Gasteiger partial charge in [0.2, 0.25) is 0 Å². The van der Waals surface area contributed by atoms with Crippen LogP contribution in [0, 0.1) is 5.82 Å². The van der Waals surface area contributed by atoms with Gasteiger partial charge in [-0.1, -0.05) is 19.6 Å². The van der Waals surface area contributed by atoms with E-state index in [1.54, 1.807) is 0 Å². The third-order valence-electron chi connectivity index (χ3n) is 3.17. The van der Waals surface area contributed by atoms with Crippen LogP contribution in [0.25, 0.3) is 0 Å². The van der Waals surface area contributed by atoms with E-state index in [-0.39, 0.29) is 18.1 Å². The van der Waals surface area contributed by atoms with Gasteiger partial charge >= 0.3 is 5.97 Å². The van der Waals surface area contributed by atoms with Crippen molar-refractivity contribution in [3.63, 3.8) is 0 Å². The average Bonchev–Trinajstić information content (AvgIpc) is 2.48. The molecule has 0 fully saturated rings. The molecule has 1 N–H and O–H groups in total. The third kappa shape index (κ3) is 8.37. The molecule has 1 unspecified atom stereocenters. The number of halogens is 3. The van der Waals surface area contributed by atoms with Gasteiger partial charge in [0.25, 0.3) is 6.43 Å². The molecule has 0 saturated carbocycles. The molecule has 0 aliphatic carbocycles. The van der Waals surface area contributed by atoms with Gasteiger partial charge in [0, 0.05) is 26.3 Å². The number of ether oxygens (including phenoxy) is 3. The van der Waals surface area contributed by atoms with E-state index in [9.17, 15) is 23.1 Å². The Morgan fingerprint density at radius 3 is 2.48 bits per heavy atom. The van der Waals surface area contributed by atoms with Crippen LogP contribution in [0.5, 0.6) is 5.75 Å². The van der Waals surface area contributed by atoms with Gasteiger partial charge in [-0.3, -0.25) is 0 Å². The number of carboxylic acid groups (broad SMARTS) is 1. The predicted molar refractivity (Wildman–Crippen MR) is 88.3 cm³/mol. The van der Waals surface area contributed by atoms with E-state index in [2.05, 4.69) is 24.4 Å². The smallest absolute Gasteiger partial charge is 0.337 e. The Bertz CT molecular complexity index is 563. The van der Waals surface area contributed by atoms with Crippen molar-refractivity contribution in [2.45, 2.75) is 38.2 Å². The number of alkyl halides is 2. The molecule has 0 aromatic heterocycles. The molecular formula is C16H23F3O5Si. The SMILES string of the molecule is C[Si](C)(C)CCOCOC(C(=O)O)c1ccc(OCC(F)F)cc1F. The van der Waals surface area contributed by atoms with E-state index in [0.29, 0.717) is 6.61 Å². The molecule has 0 spiro atoms. The summed E-state index contributed by atoms with van der Waals surface area (Å²) in [5.41, 5.74) is -0.231. The highest BCUT2D eigenvalue weighted by molar-refractivity contribution is 6.76. The van der Waals surface area contributed by atoms with Crippen LogP contribution in [-0.2, 0) is 14.3 Å². The quantitative estimate of drug-likeness (QED) is 0.358. The molecule has 0 heterocycles. The fraction of sp³-hybridized carbons (Fsp3) is 0.562. The lowest BCUT2D eigenvalue weighted by atomic mass is 10.1. The van der Waals surface area contributed by atoms with Crippen molar-refractivity contribution in [2.75, 3.05) is 20.0 Å². The fourth-order valence-corrected chi connectivity index (χ4v) is 2.57. The van der Waals surface area contributed by atoms with Gasteiger partial charge in [0.05, 0.1) is 0 Å². The van der Waals surface area contributed by atoms with E-state index >= 15 is 0 Å². The summed E-state index contributed by atoms with van der Waals surface area (Å²) in [6.07, 6.45) is -4.25. The van der Waals surface area contributed by atoms with Gasteiger partial charge in [-0.05, 0) is 18.2 Å². The number of benzene rings is 1. The maximum absolute atomic E-state index is 14.1. The first-order valence-electron chi connectivity index (χ1n) is 7.72. The number of rotatable bonds is 11. The van der Waals surface area contributed by atoms with Crippen molar-refractivity contribution < 1.29 is 37.3 Å². The molecule has 142 valence electrons. The summed E-state index contributed by atoms with van der Waals surface area (Å²) in [6.45, 7) is 5.79. The topological polar surface area (TPSA) is 65.0 Å². The zero-order valence-electron chi connectivity index (χ0n) is 14.4.